The number of nitrogens with one attached hydrogen (secondary N) is 2. The SMILES string of the molecule is CNc1cc(F)c2c(c1)N(Cc1c[nH]cn1)CCO2. The maximum absolute atomic E-state index is 14.0. The first-order chi connectivity index (χ1) is 9.28. The topological polar surface area (TPSA) is 53.2 Å². The van der Waals surface area contributed by atoms with Gasteiger partial charge in [0.2, 0.25) is 0 Å². The lowest BCUT2D eigenvalue weighted by Crippen LogP contribution is -2.32. The number of rotatable bonds is 3. The molecular weight excluding hydrogens is 247 g/mol. The Morgan fingerprint density at radius 2 is 2.42 bits per heavy atom. The fourth-order valence-corrected chi connectivity index (χ4v) is 2.22. The van der Waals surface area contributed by atoms with Gasteiger partial charge < -0.3 is 19.9 Å². The van der Waals surface area contributed by atoms with Crippen LogP contribution in [0.4, 0.5) is 15.8 Å². The van der Waals surface area contributed by atoms with E-state index in [2.05, 4.69) is 20.2 Å². The maximum Gasteiger partial charge on any atom is 0.178 e. The summed E-state index contributed by atoms with van der Waals surface area (Å²) in [5.74, 6) is -0.0191. The summed E-state index contributed by atoms with van der Waals surface area (Å²) in [5.41, 5.74) is 2.41. The Balaban J connectivity index is 1.96. The molecule has 0 bridgehead atoms. The summed E-state index contributed by atoms with van der Waals surface area (Å²) >= 11 is 0. The van der Waals surface area contributed by atoms with E-state index in [0.29, 0.717) is 25.4 Å². The van der Waals surface area contributed by atoms with Gasteiger partial charge in [0.1, 0.15) is 6.61 Å². The van der Waals surface area contributed by atoms with Crippen molar-refractivity contribution < 1.29 is 9.13 Å². The number of aromatic nitrogens is 2. The Bertz CT molecular complexity index is 570. The van der Waals surface area contributed by atoms with Gasteiger partial charge in [-0.05, 0) is 6.07 Å². The molecule has 3 rings (SSSR count). The zero-order valence-corrected chi connectivity index (χ0v) is 10.6. The third kappa shape index (κ3) is 2.21. The first-order valence-corrected chi connectivity index (χ1v) is 6.14. The molecule has 2 aromatic rings. The third-order valence-corrected chi connectivity index (χ3v) is 3.17. The number of ether oxygens (including phenoxy) is 1. The number of H-pyrrole nitrogens is 1. The van der Waals surface area contributed by atoms with Crippen LogP contribution >= 0.6 is 0 Å². The van der Waals surface area contributed by atoms with Crippen LogP contribution < -0.4 is 15.0 Å². The zero-order valence-electron chi connectivity index (χ0n) is 10.6. The maximum atomic E-state index is 14.0. The van der Waals surface area contributed by atoms with Crippen LogP contribution in [-0.2, 0) is 6.54 Å². The predicted molar refractivity (Wildman–Crippen MR) is 71.1 cm³/mol. The van der Waals surface area contributed by atoms with E-state index < -0.39 is 0 Å². The molecule has 0 unspecified atom stereocenters. The summed E-state index contributed by atoms with van der Waals surface area (Å²) in [6, 6.07) is 3.33. The van der Waals surface area contributed by atoms with Gasteiger partial charge in [-0.3, -0.25) is 0 Å². The summed E-state index contributed by atoms with van der Waals surface area (Å²) in [6.07, 6.45) is 3.48. The van der Waals surface area contributed by atoms with Crippen molar-refractivity contribution in [2.75, 3.05) is 30.4 Å². The lowest BCUT2D eigenvalue weighted by atomic mass is 10.2. The highest BCUT2D eigenvalue weighted by Crippen LogP contribution is 2.37. The van der Waals surface area contributed by atoms with E-state index in [9.17, 15) is 4.39 Å². The van der Waals surface area contributed by atoms with E-state index in [1.807, 2.05) is 12.3 Å². The van der Waals surface area contributed by atoms with Crippen LogP contribution in [0.1, 0.15) is 5.69 Å². The normalized spacial score (nSPS) is 13.9. The van der Waals surface area contributed by atoms with Gasteiger partial charge in [-0.2, -0.15) is 0 Å². The largest absolute Gasteiger partial charge is 0.486 e. The number of nitrogens with zero attached hydrogens (tertiary/aromatic N) is 2. The highest BCUT2D eigenvalue weighted by molar-refractivity contribution is 5.67. The van der Waals surface area contributed by atoms with Crippen LogP contribution in [0.5, 0.6) is 5.75 Å². The van der Waals surface area contributed by atoms with Gasteiger partial charge in [0, 0.05) is 25.0 Å². The zero-order chi connectivity index (χ0) is 13.2. The number of imidazole rings is 1. The molecule has 5 nitrogen and oxygen atoms in total. The molecule has 0 saturated heterocycles. The van der Waals surface area contributed by atoms with Gasteiger partial charge in [0.05, 0.1) is 30.8 Å². The second-order valence-electron chi connectivity index (χ2n) is 4.39. The second kappa shape index (κ2) is 4.79. The van der Waals surface area contributed by atoms with Gasteiger partial charge in [-0.15, -0.1) is 0 Å². The summed E-state index contributed by atoms with van der Waals surface area (Å²) in [6.45, 7) is 1.83. The van der Waals surface area contributed by atoms with E-state index in [0.717, 1.165) is 17.1 Å². The summed E-state index contributed by atoms with van der Waals surface area (Å²) in [4.78, 5) is 9.19. The Labute approximate surface area is 110 Å². The summed E-state index contributed by atoms with van der Waals surface area (Å²) in [5, 5.41) is 2.95. The molecule has 1 aromatic carbocycles. The van der Waals surface area contributed by atoms with Gasteiger partial charge >= 0.3 is 0 Å². The molecule has 1 aliphatic rings. The predicted octanol–water partition coefficient (Wildman–Crippen LogP) is 1.99. The van der Waals surface area contributed by atoms with Crippen molar-refractivity contribution in [1.82, 2.24) is 9.97 Å². The monoisotopic (exact) mass is 262 g/mol. The first kappa shape index (κ1) is 11.8. The molecule has 100 valence electrons. The molecule has 0 spiro atoms. The van der Waals surface area contributed by atoms with Crippen molar-refractivity contribution in [2.45, 2.75) is 6.54 Å². The number of aromatic amines is 1. The standard InChI is InChI=1S/C13H15FN4O/c1-15-9-4-11(14)13-12(5-9)18(2-3-19-13)7-10-6-16-8-17-10/h4-6,8,15H,2-3,7H2,1H3,(H,16,17). The van der Waals surface area contributed by atoms with Crippen LogP contribution in [0.3, 0.4) is 0 Å². The van der Waals surface area contributed by atoms with E-state index in [1.54, 1.807) is 13.4 Å². The van der Waals surface area contributed by atoms with Gasteiger partial charge in [-0.25, -0.2) is 9.37 Å². The molecule has 19 heavy (non-hydrogen) atoms. The van der Waals surface area contributed by atoms with Gasteiger partial charge in [-0.1, -0.05) is 0 Å². The molecule has 0 atom stereocenters. The molecule has 1 aliphatic heterocycles. The number of benzene rings is 1. The van der Waals surface area contributed by atoms with Crippen molar-refractivity contribution in [3.05, 3.63) is 36.2 Å². The quantitative estimate of drug-likeness (QED) is 0.888. The summed E-state index contributed by atoms with van der Waals surface area (Å²) in [7, 11) is 1.77. The van der Waals surface area contributed by atoms with E-state index in [1.165, 1.54) is 6.07 Å². The molecule has 0 saturated carbocycles. The van der Waals surface area contributed by atoms with E-state index in [-0.39, 0.29) is 5.82 Å². The molecule has 1 aromatic heterocycles. The number of hydrogen-bond acceptors (Lipinski definition) is 4. The van der Waals surface area contributed by atoms with Crippen LogP contribution in [0, 0.1) is 5.82 Å². The van der Waals surface area contributed by atoms with Crippen molar-refractivity contribution in [3.63, 3.8) is 0 Å². The molecule has 6 heteroatoms. The first-order valence-electron chi connectivity index (χ1n) is 6.14. The highest BCUT2D eigenvalue weighted by atomic mass is 19.1. The summed E-state index contributed by atoms with van der Waals surface area (Å²) < 4.78 is 19.4. The smallest absolute Gasteiger partial charge is 0.178 e. The minimum Gasteiger partial charge on any atom is -0.486 e. The lowest BCUT2D eigenvalue weighted by molar-refractivity contribution is 0.291. The van der Waals surface area contributed by atoms with Crippen LogP contribution in [0.15, 0.2) is 24.7 Å². The van der Waals surface area contributed by atoms with Crippen molar-refractivity contribution in [3.8, 4) is 5.75 Å². The van der Waals surface area contributed by atoms with Crippen LogP contribution in [0.25, 0.3) is 0 Å². The lowest BCUT2D eigenvalue weighted by Gasteiger charge is -2.31. The van der Waals surface area contributed by atoms with Crippen molar-refractivity contribution in [1.29, 1.82) is 0 Å². The Hall–Kier alpha value is -2.24. The van der Waals surface area contributed by atoms with Crippen molar-refractivity contribution in [2.24, 2.45) is 0 Å². The highest BCUT2D eigenvalue weighted by Gasteiger charge is 2.22. The minimum absolute atomic E-state index is 0.320. The third-order valence-electron chi connectivity index (χ3n) is 3.17. The number of fused-ring (bicyclic) bond motifs is 1. The number of halogens is 1. The minimum atomic E-state index is -0.339. The average Bonchev–Trinajstić information content (AvgIpc) is 2.92. The Morgan fingerprint density at radius 3 is 3.16 bits per heavy atom. The Kier molecular flexibility index (Phi) is 2.98. The van der Waals surface area contributed by atoms with Crippen molar-refractivity contribution >= 4 is 11.4 Å². The molecule has 2 N–H and O–H groups in total. The van der Waals surface area contributed by atoms with Gasteiger partial charge in [0.15, 0.2) is 11.6 Å². The molecule has 0 aliphatic carbocycles. The Morgan fingerprint density at radius 1 is 1.53 bits per heavy atom. The van der Waals surface area contributed by atoms with Crippen LogP contribution in [-0.4, -0.2) is 30.2 Å². The van der Waals surface area contributed by atoms with Crippen LogP contribution in [0.2, 0.25) is 0 Å². The average molecular weight is 262 g/mol. The fraction of sp³-hybridized carbons (Fsp3) is 0.308. The van der Waals surface area contributed by atoms with E-state index >= 15 is 0 Å². The number of hydrogen-bond donors (Lipinski definition) is 2. The van der Waals surface area contributed by atoms with Gasteiger partial charge in [0.25, 0.3) is 0 Å². The molecule has 0 radical (unpaired) electrons. The molecule has 0 amide bonds. The fourth-order valence-electron chi connectivity index (χ4n) is 2.22. The van der Waals surface area contributed by atoms with E-state index in [4.69, 9.17) is 4.74 Å². The molecular formula is C13H15FN4O. The molecule has 2 heterocycles. The second-order valence-corrected chi connectivity index (χ2v) is 4.39. The number of anilines is 2. The molecule has 0 fully saturated rings.